The van der Waals surface area contributed by atoms with Gasteiger partial charge in [-0.1, -0.05) is 25.0 Å². The molecular weight excluding hydrogens is 210 g/mol. The summed E-state index contributed by atoms with van der Waals surface area (Å²) < 4.78 is 2.36. The molecule has 1 fully saturated rings. The van der Waals surface area contributed by atoms with Crippen LogP contribution in [0.25, 0.3) is 11.0 Å². The minimum Gasteiger partial charge on any atom is -0.326 e. The average Bonchev–Trinajstić information content (AvgIpc) is 2.82. The van der Waals surface area contributed by atoms with Crippen molar-refractivity contribution in [3.05, 3.63) is 30.6 Å². The number of imidazole rings is 1. The van der Waals surface area contributed by atoms with Crippen molar-refractivity contribution in [3.63, 3.8) is 0 Å². The van der Waals surface area contributed by atoms with Crippen molar-refractivity contribution >= 4 is 11.0 Å². The molecule has 17 heavy (non-hydrogen) atoms. The Morgan fingerprint density at radius 2 is 2.06 bits per heavy atom. The Morgan fingerprint density at radius 1 is 1.24 bits per heavy atom. The molecule has 0 spiro atoms. The van der Waals surface area contributed by atoms with E-state index < -0.39 is 0 Å². The molecule has 1 heterocycles. The summed E-state index contributed by atoms with van der Waals surface area (Å²) in [4.78, 5) is 4.50. The summed E-state index contributed by atoms with van der Waals surface area (Å²) in [5.41, 5.74) is 2.37. The third-order valence-corrected chi connectivity index (χ3v) is 3.94. The Balaban J connectivity index is 2.01. The molecule has 1 aromatic carbocycles. The zero-order valence-corrected chi connectivity index (χ0v) is 10.3. The molecule has 1 saturated carbocycles. The van der Waals surface area contributed by atoms with Crippen LogP contribution in [-0.2, 0) is 0 Å². The van der Waals surface area contributed by atoms with Gasteiger partial charge in [0, 0.05) is 6.04 Å². The lowest BCUT2D eigenvalue weighted by atomic mass is 9.90. The van der Waals surface area contributed by atoms with Crippen LogP contribution in [0.3, 0.4) is 0 Å². The van der Waals surface area contributed by atoms with Crippen LogP contribution in [0.15, 0.2) is 30.6 Å². The van der Waals surface area contributed by atoms with Crippen LogP contribution in [0.1, 0.15) is 31.7 Å². The molecule has 0 aliphatic heterocycles. The van der Waals surface area contributed by atoms with Crippen LogP contribution in [0.2, 0.25) is 0 Å². The number of likely N-dealkylation sites (N-methyl/N-ethyl adjacent to an activating group) is 1. The van der Waals surface area contributed by atoms with Gasteiger partial charge >= 0.3 is 0 Å². The Labute approximate surface area is 102 Å². The van der Waals surface area contributed by atoms with E-state index >= 15 is 0 Å². The monoisotopic (exact) mass is 229 g/mol. The maximum Gasteiger partial charge on any atom is 0.0961 e. The van der Waals surface area contributed by atoms with Gasteiger partial charge in [-0.05, 0) is 32.0 Å². The smallest absolute Gasteiger partial charge is 0.0961 e. The van der Waals surface area contributed by atoms with Crippen LogP contribution in [0.4, 0.5) is 0 Å². The number of nitrogens with one attached hydrogen (secondary N) is 1. The predicted molar refractivity (Wildman–Crippen MR) is 70.1 cm³/mol. The van der Waals surface area contributed by atoms with Crippen LogP contribution in [0, 0.1) is 0 Å². The van der Waals surface area contributed by atoms with Crippen molar-refractivity contribution in [3.8, 4) is 0 Å². The molecule has 0 saturated heterocycles. The number of hydrogen-bond donors (Lipinski definition) is 1. The molecule has 3 rings (SSSR count). The van der Waals surface area contributed by atoms with E-state index in [9.17, 15) is 0 Å². The summed E-state index contributed by atoms with van der Waals surface area (Å²) >= 11 is 0. The Morgan fingerprint density at radius 3 is 2.94 bits per heavy atom. The number of rotatable bonds is 2. The van der Waals surface area contributed by atoms with Crippen molar-refractivity contribution in [1.82, 2.24) is 14.9 Å². The quantitative estimate of drug-likeness (QED) is 0.858. The minimum absolute atomic E-state index is 0.557. The number of benzene rings is 1. The number of hydrogen-bond acceptors (Lipinski definition) is 2. The summed E-state index contributed by atoms with van der Waals surface area (Å²) in [5.74, 6) is 0. The standard InChI is InChI=1S/C14H19N3/c1-15-11-6-2-4-8-13(11)17-10-16-12-7-3-5-9-14(12)17/h3,5,7,9-11,13,15H,2,4,6,8H2,1H3. The number of para-hydroxylation sites is 2. The molecule has 3 nitrogen and oxygen atoms in total. The Hall–Kier alpha value is -1.35. The molecule has 90 valence electrons. The normalized spacial score (nSPS) is 25.2. The van der Waals surface area contributed by atoms with E-state index in [0.717, 1.165) is 5.52 Å². The summed E-state index contributed by atoms with van der Waals surface area (Å²) in [6, 6.07) is 9.54. The van der Waals surface area contributed by atoms with Gasteiger partial charge in [-0.3, -0.25) is 0 Å². The fourth-order valence-electron chi connectivity index (χ4n) is 3.02. The molecule has 0 radical (unpaired) electrons. The fraction of sp³-hybridized carbons (Fsp3) is 0.500. The van der Waals surface area contributed by atoms with Crippen LogP contribution < -0.4 is 5.32 Å². The van der Waals surface area contributed by atoms with E-state index in [2.05, 4.69) is 46.2 Å². The van der Waals surface area contributed by atoms with E-state index in [1.807, 2.05) is 6.33 Å². The first kappa shape index (κ1) is 10.8. The van der Waals surface area contributed by atoms with Crippen molar-refractivity contribution in [2.45, 2.75) is 37.8 Å². The second-order valence-electron chi connectivity index (χ2n) is 4.89. The van der Waals surface area contributed by atoms with Gasteiger partial charge in [-0.25, -0.2) is 4.98 Å². The highest BCUT2D eigenvalue weighted by atomic mass is 15.1. The Bertz CT molecular complexity index is 503. The topological polar surface area (TPSA) is 29.9 Å². The molecule has 2 unspecified atom stereocenters. The van der Waals surface area contributed by atoms with Gasteiger partial charge in [0.25, 0.3) is 0 Å². The molecular formula is C14H19N3. The Kier molecular flexibility index (Phi) is 2.85. The zero-order valence-electron chi connectivity index (χ0n) is 10.3. The molecule has 2 aromatic rings. The first-order chi connectivity index (χ1) is 8.40. The minimum atomic E-state index is 0.557. The van der Waals surface area contributed by atoms with Crippen LogP contribution >= 0.6 is 0 Å². The number of nitrogens with zero attached hydrogens (tertiary/aromatic N) is 2. The van der Waals surface area contributed by atoms with Gasteiger partial charge in [0.2, 0.25) is 0 Å². The lowest BCUT2D eigenvalue weighted by Crippen LogP contribution is -2.37. The van der Waals surface area contributed by atoms with Gasteiger partial charge in [0.1, 0.15) is 0 Å². The summed E-state index contributed by atoms with van der Waals surface area (Å²) in [6.45, 7) is 0. The van der Waals surface area contributed by atoms with Gasteiger partial charge in [0.05, 0.1) is 23.4 Å². The van der Waals surface area contributed by atoms with E-state index in [-0.39, 0.29) is 0 Å². The third-order valence-electron chi connectivity index (χ3n) is 3.94. The first-order valence-corrected chi connectivity index (χ1v) is 6.49. The van der Waals surface area contributed by atoms with Gasteiger partial charge in [-0.15, -0.1) is 0 Å². The van der Waals surface area contributed by atoms with Gasteiger partial charge < -0.3 is 9.88 Å². The van der Waals surface area contributed by atoms with E-state index in [4.69, 9.17) is 0 Å². The highest BCUT2D eigenvalue weighted by Gasteiger charge is 2.25. The highest BCUT2D eigenvalue weighted by molar-refractivity contribution is 5.75. The van der Waals surface area contributed by atoms with E-state index in [0.29, 0.717) is 12.1 Å². The highest BCUT2D eigenvalue weighted by Crippen LogP contribution is 2.30. The molecule has 2 atom stereocenters. The lowest BCUT2D eigenvalue weighted by molar-refractivity contribution is 0.279. The van der Waals surface area contributed by atoms with E-state index in [1.54, 1.807) is 0 Å². The number of aromatic nitrogens is 2. The average molecular weight is 229 g/mol. The molecule has 1 aromatic heterocycles. The van der Waals surface area contributed by atoms with Gasteiger partial charge in [0.15, 0.2) is 0 Å². The first-order valence-electron chi connectivity index (χ1n) is 6.49. The van der Waals surface area contributed by atoms with Crippen LogP contribution in [-0.4, -0.2) is 22.6 Å². The summed E-state index contributed by atoms with van der Waals surface area (Å²) in [5, 5.41) is 3.46. The molecule has 0 bridgehead atoms. The number of fused-ring (bicyclic) bond motifs is 1. The van der Waals surface area contributed by atoms with Crippen molar-refractivity contribution < 1.29 is 0 Å². The second-order valence-corrected chi connectivity index (χ2v) is 4.89. The van der Waals surface area contributed by atoms with E-state index in [1.165, 1.54) is 31.2 Å². The zero-order chi connectivity index (χ0) is 11.7. The third kappa shape index (κ3) is 1.84. The molecule has 1 aliphatic carbocycles. The SMILES string of the molecule is CNC1CCCCC1n1cnc2ccccc21. The summed E-state index contributed by atoms with van der Waals surface area (Å²) in [6.07, 6.45) is 7.20. The molecule has 0 amide bonds. The molecule has 3 heteroatoms. The molecule has 1 aliphatic rings. The maximum absolute atomic E-state index is 4.50. The van der Waals surface area contributed by atoms with Crippen molar-refractivity contribution in [2.75, 3.05) is 7.05 Å². The van der Waals surface area contributed by atoms with Crippen molar-refractivity contribution in [2.24, 2.45) is 0 Å². The van der Waals surface area contributed by atoms with Crippen LogP contribution in [0.5, 0.6) is 0 Å². The predicted octanol–water partition coefficient (Wildman–Crippen LogP) is 2.74. The largest absolute Gasteiger partial charge is 0.326 e. The van der Waals surface area contributed by atoms with Crippen molar-refractivity contribution in [1.29, 1.82) is 0 Å². The molecule has 1 N–H and O–H groups in total. The van der Waals surface area contributed by atoms with Gasteiger partial charge in [-0.2, -0.15) is 0 Å². The lowest BCUT2D eigenvalue weighted by Gasteiger charge is -2.32. The second kappa shape index (κ2) is 4.49. The summed E-state index contributed by atoms with van der Waals surface area (Å²) in [7, 11) is 2.07. The fourth-order valence-corrected chi connectivity index (χ4v) is 3.02. The maximum atomic E-state index is 4.50.